The Hall–Kier alpha value is -8.63. The molecule has 0 spiro atoms. The number of nitrogens with zero attached hydrogens (tertiary/aromatic N) is 2. The van der Waals surface area contributed by atoms with Crippen LogP contribution in [0, 0.1) is 0 Å². The highest BCUT2D eigenvalue weighted by molar-refractivity contribution is 7.27. The van der Waals surface area contributed by atoms with E-state index in [2.05, 4.69) is 235 Å². The predicted molar refractivity (Wildman–Crippen MR) is 292 cm³/mol. The third-order valence-corrected chi connectivity index (χ3v) is 15.8. The Morgan fingerprint density at radius 1 is 0.294 bits per heavy atom. The van der Waals surface area contributed by atoms with Crippen LogP contribution in [0.4, 0.5) is 0 Å². The van der Waals surface area contributed by atoms with Gasteiger partial charge in [0.1, 0.15) is 0 Å². The van der Waals surface area contributed by atoms with E-state index in [1.165, 1.54) is 118 Å². The summed E-state index contributed by atoms with van der Waals surface area (Å²) in [5.41, 5.74) is 12.7. The van der Waals surface area contributed by atoms with Gasteiger partial charge in [0.2, 0.25) is 0 Å². The maximum atomic E-state index is 5.41. The van der Waals surface area contributed by atoms with E-state index in [0.717, 1.165) is 27.9 Å². The Kier molecular flexibility index (Phi) is 7.98. The molecule has 0 N–H and O–H groups in total. The van der Waals surface area contributed by atoms with Gasteiger partial charge in [-0.1, -0.05) is 206 Å². The minimum absolute atomic E-state index is 1.01. The van der Waals surface area contributed by atoms with E-state index in [1.54, 1.807) is 0 Å². The zero-order chi connectivity index (χ0) is 44.5. The van der Waals surface area contributed by atoms with E-state index in [0.29, 0.717) is 0 Å². The number of hydrogen-bond donors (Lipinski definition) is 0. The maximum Gasteiger partial charge on any atom is 0.156 e. The number of thiophene rings is 1. The first-order valence-corrected chi connectivity index (χ1v) is 24.2. The Morgan fingerprint density at radius 2 is 0.779 bits per heavy atom. The molecule has 12 aromatic carbocycles. The summed E-state index contributed by atoms with van der Waals surface area (Å²) >= 11 is 1.86. The van der Waals surface area contributed by atoms with Gasteiger partial charge >= 0.3 is 0 Å². The van der Waals surface area contributed by atoms with Crippen LogP contribution < -0.4 is 0 Å². The summed E-state index contributed by atoms with van der Waals surface area (Å²) in [6.45, 7) is 0. The van der Waals surface area contributed by atoms with Crippen molar-refractivity contribution in [2.45, 2.75) is 0 Å². The average Bonchev–Trinajstić information content (AvgIpc) is 3.98. The summed E-state index contributed by atoms with van der Waals surface area (Å²) in [4.78, 5) is 5.41. The Labute approximate surface area is 395 Å². The summed E-state index contributed by atoms with van der Waals surface area (Å²) in [6.07, 6.45) is 0. The van der Waals surface area contributed by atoms with Crippen LogP contribution in [0.1, 0.15) is 0 Å². The average molecular weight is 879 g/mol. The van der Waals surface area contributed by atoms with Crippen molar-refractivity contribution in [3.63, 3.8) is 0 Å². The van der Waals surface area contributed by atoms with Crippen LogP contribution in [-0.4, -0.2) is 9.38 Å². The molecule has 0 fully saturated rings. The summed E-state index contributed by atoms with van der Waals surface area (Å²) in [5, 5.41) is 17.7. The lowest BCUT2D eigenvalue weighted by Gasteiger charge is -2.14. The molecule has 68 heavy (non-hydrogen) atoms. The van der Waals surface area contributed by atoms with E-state index in [9.17, 15) is 0 Å². The van der Waals surface area contributed by atoms with E-state index >= 15 is 0 Å². The molecule has 0 radical (unpaired) electrons. The number of benzene rings is 12. The van der Waals surface area contributed by atoms with Gasteiger partial charge in [-0.25, -0.2) is 4.98 Å². The Morgan fingerprint density at radius 3 is 1.43 bits per heavy atom. The lowest BCUT2D eigenvalue weighted by molar-refractivity contribution is 1.25. The van der Waals surface area contributed by atoms with E-state index in [-0.39, 0.29) is 0 Å². The minimum atomic E-state index is 1.01. The van der Waals surface area contributed by atoms with Crippen LogP contribution in [0.2, 0.25) is 0 Å². The van der Waals surface area contributed by atoms with Crippen molar-refractivity contribution in [2.24, 2.45) is 0 Å². The summed E-state index contributed by atoms with van der Waals surface area (Å²) < 4.78 is 4.92. The molecule has 15 aromatic rings. The molecule has 0 unspecified atom stereocenters. The maximum absolute atomic E-state index is 5.41. The Bertz CT molecular complexity index is 4560. The predicted octanol–water partition coefficient (Wildman–Crippen LogP) is 18.4. The fraction of sp³-hybridized carbons (Fsp3) is 0. The van der Waals surface area contributed by atoms with E-state index in [4.69, 9.17) is 4.98 Å². The minimum Gasteiger partial charge on any atom is -0.291 e. The van der Waals surface area contributed by atoms with Crippen molar-refractivity contribution in [3.05, 3.63) is 231 Å². The first kappa shape index (κ1) is 37.6. The van der Waals surface area contributed by atoms with Crippen LogP contribution in [-0.2, 0) is 0 Å². The zero-order valence-corrected chi connectivity index (χ0v) is 37.6. The second kappa shape index (κ2) is 14.4. The molecular weight excluding hydrogens is 841 g/mol. The molecule has 3 aromatic heterocycles. The molecule has 15 rings (SSSR count). The van der Waals surface area contributed by atoms with Gasteiger partial charge in [-0.05, 0) is 128 Å². The summed E-state index contributed by atoms with van der Waals surface area (Å²) in [5.74, 6) is 0. The molecule has 0 bridgehead atoms. The van der Waals surface area contributed by atoms with Crippen LogP contribution in [0.25, 0.3) is 146 Å². The smallest absolute Gasteiger partial charge is 0.156 e. The van der Waals surface area contributed by atoms with Crippen molar-refractivity contribution >= 4 is 113 Å². The fourth-order valence-corrected chi connectivity index (χ4v) is 12.6. The molecule has 3 heterocycles. The summed E-state index contributed by atoms with van der Waals surface area (Å²) in [6, 6.07) is 85.2. The highest BCUT2D eigenvalue weighted by Crippen LogP contribution is 2.45. The van der Waals surface area contributed by atoms with Gasteiger partial charge in [-0.15, -0.1) is 11.3 Å². The molecule has 0 aliphatic heterocycles. The largest absolute Gasteiger partial charge is 0.291 e. The van der Waals surface area contributed by atoms with Gasteiger partial charge in [-0.3, -0.25) is 4.40 Å². The number of hydrogen-bond acceptors (Lipinski definition) is 2. The van der Waals surface area contributed by atoms with Gasteiger partial charge in [0, 0.05) is 15.5 Å². The number of rotatable bonds is 4. The first-order chi connectivity index (χ1) is 33.7. The lowest BCUT2D eigenvalue weighted by Crippen LogP contribution is -1.93. The van der Waals surface area contributed by atoms with Gasteiger partial charge in [-0.2, -0.15) is 0 Å². The normalized spacial score (nSPS) is 12.1. The highest BCUT2D eigenvalue weighted by atomic mass is 32.1. The monoisotopic (exact) mass is 878 g/mol. The fourth-order valence-electron chi connectivity index (χ4n) is 11.3. The van der Waals surface area contributed by atoms with Gasteiger partial charge < -0.3 is 0 Å². The van der Waals surface area contributed by atoms with Crippen molar-refractivity contribution < 1.29 is 0 Å². The lowest BCUT2D eigenvalue weighted by atomic mass is 9.90. The molecule has 0 saturated heterocycles. The quantitative estimate of drug-likeness (QED) is 0.161. The van der Waals surface area contributed by atoms with E-state index in [1.807, 2.05) is 11.3 Å². The summed E-state index contributed by atoms with van der Waals surface area (Å²) in [7, 11) is 0. The van der Waals surface area contributed by atoms with Gasteiger partial charge in [0.05, 0.1) is 21.4 Å². The molecule has 0 saturated carbocycles. The van der Waals surface area contributed by atoms with Crippen LogP contribution in [0.5, 0.6) is 0 Å². The van der Waals surface area contributed by atoms with E-state index < -0.39 is 0 Å². The van der Waals surface area contributed by atoms with Crippen molar-refractivity contribution in [1.29, 1.82) is 0 Å². The number of aromatic nitrogens is 2. The molecule has 314 valence electrons. The van der Waals surface area contributed by atoms with Crippen LogP contribution in [0.15, 0.2) is 231 Å². The third kappa shape index (κ3) is 5.54. The molecule has 0 atom stereocenters. The zero-order valence-electron chi connectivity index (χ0n) is 36.7. The van der Waals surface area contributed by atoms with Crippen molar-refractivity contribution in [1.82, 2.24) is 9.38 Å². The van der Waals surface area contributed by atoms with Gasteiger partial charge in [0.15, 0.2) is 5.65 Å². The molecular formula is C65H38N2S. The SMILES string of the molecule is c1ccc2cc3c(cc2c1)nc1c2sc4c5ccccc5ccc4c2cc(-c2ccc(-c4ccc(-c5ccc(-c6ccc7c8ccccc8c8ccccc8c7c6)cc5)c5ccccc45)cc2)n31. The van der Waals surface area contributed by atoms with Gasteiger partial charge in [0.25, 0.3) is 0 Å². The number of pyridine rings is 1. The third-order valence-electron chi connectivity index (χ3n) is 14.6. The number of imidazole rings is 1. The highest BCUT2D eigenvalue weighted by Gasteiger charge is 2.20. The first-order valence-electron chi connectivity index (χ1n) is 23.3. The standard InChI is InChI=1S/C65H38N2S/c1-2-13-45-37-62-60(36-44(45)12-1)66-65-64-59(57-32-29-40-11-3-4-14-49(40)63(57)68-64)38-61(67(62)65)43-27-25-42(26-28-43)48-34-33-47(50-15-5-6-16-51(48)50)41-23-21-39(22-24-41)46-30-31-56-54-19-8-7-17-52(54)53-18-9-10-20-55(53)58(56)35-46/h1-38H. The second-order valence-electron chi connectivity index (χ2n) is 18.2. The molecule has 3 heteroatoms. The molecule has 2 nitrogen and oxygen atoms in total. The molecule has 0 aliphatic rings. The van der Waals surface area contributed by atoms with Crippen molar-refractivity contribution in [2.75, 3.05) is 0 Å². The molecule has 0 aliphatic carbocycles. The van der Waals surface area contributed by atoms with Crippen LogP contribution in [0.3, 0.4) is 0 Å². The number of fused-ring (bicyclic) bond motifs is 17. The molecule has 0 amide bonds. The topological polar surface area (TPSA) is 17.3 Å². The second-order valence-corrected chi connectivity index (χ2v) is 19.2. The Balaban J connectivity index is 0.827. The van der Waals surface area contributed by atoms with Crippen molar-refractivity contribution in [3.8, 4) is 44.6 Å². The van der Waals surface area contributed by atoms with Crippen LogP contribution >= 0.6 is 11.3 Å².